The Balaban J connectivity index is 1.90. The number of nitrogens with one attached hydrogen (secondary N) is 2. The monoisotopic (exact) mass is 335 g/mol. The molecule has 0 bridgehead atoms. The lowest BCUT2D eigenvalue weighted by Gasteiger charge is -2.24. The van der Waals surface area contributed by atoms with E-state index < -0.39 is 0 Å². The molecule has 1 aliphatic heterocycles. The minimum Gasteiger partial charge on any atom is -0.467 e. The van der Waals surface area contributed by atoms with Gasteiger partial charge >= 0.3 is 0 Å². The molecule has 1 aliphatic rings. The number of likely N-dealkylation sites (N-methyl/N-ethyl adjacent to an activating group) is 2. The summed E-state index contributed by atoms with van der Waals surface area (Å²) in [5.74, 6) is 1.45. The van der Waals surface area contributed by atoms with Crippen LogP contribution in [-0.2, 0) is 11.3 Å². The summed E-state index contributed by atoms with van der Waals surface area (Å²) < 4.78 is 5.33. The minimum absolute atomic E-state index is 0.0230. The molecule has 0 aliphatic carbocycles. The minimum atomic E-state index is -0.0230. The summed E-state index contributed by atoms with van der Waals surface area (Å²) in [6.45, 7) is 5.91. The van der Waals surface area contributed by atoms with Crippen molar-refractivity contribution in [3.63, 3.8) is 0 Å². The number of likely N-dealkylation sites (tertiary alicyclic amines) is 1. The Morgan fingerprint density at radius 3 is 2.96 bits per heavy atom. The molecule has 1 amide bonds. The summed E-state index contributed by atoms with van der Waals surface area (Å²) >= 11 is 0. The Kier molecular flexibility index (Phi) is 7.11. The van der Waals surface area contributed by atoms with Gasteiger partial charge in [0.1, 0.15) is 12.3 Å². The maximum Gasteiger partial charge on any atom is 0.243 e. The summed E-state index contributed by atoms with van der Waals surface area (Å²) in [5, 5.41) is 6.60. The van der Waals surface area contributed by atoms with E-state index in [4.69, 9.17) is 4.42 Å². The van der Waals surface area contributed by atoms with Crippen LogP contribution >= 0.6 is 0 Å². The van der Waals surface area contributed by atoms with Crippen LogP contribution in [0.5, 0.6) is 0 Å². The highest BCUT2D eigenvalue weighted by Gasteiger charge is 2.22. The van der Waals surface area contributed by atoms with Gasteiger partial charge in [0.25, 0.3) is 0 Å². The molecule has 2 heterocycles. The van der Waals surface area contributed by atoms with Crippen molar-refractivity contribution in [2.24, 2.45) is 4.99 Å². The molecule has 1 saturated heterocycles. The third-order valence-corrected chi connectivity index (χ3v) is 4.29. The quantitative estimate of drug-likeness (QED) is 0.572. The number of furan rings is 1. The Morgan fingerprint density at radius 2 is 2.29 bits per heavy atom. The van der Waals surface area contributed by atoms with Crippen molar-refractivity contribution in [2.45, 2.75) is 32.4 Å². The van der Waals surface area contributed by atoms with Gasteiger partial charge in [-0.2, -0.15) is 0 Å². The largest absolute Gasteiger partial charge is 0.467 e. The topological polar surface area (TPSA) is 73.1 Å². The molecule has 7 nitrogen and oxygen atoms in total. The highest BCUT2D eigenvalue weighted by atomic mass is 16.3. The van der Waals surface area contributed by atoms with E-state index in [9.17, 15) is 4.79 Å². The summed E-state index contributed by atoms with van der Waals surface area (Å²) in [4.78, 5) is 20.2. The molecule has 2 rings (SSSR count). The van der Waals surface area contributed by atoms with Gasteiger partial charge in [-0.15, -0.1) is 0 Å². The average molecular weight is 335 g/mol. The van der Waals surface area contributed by atoms with E-state index in [1.54, 1.807) is 25.3 Å². The molecule has 1 atom stereocenters. The molecule has 0 spiro atoms. The van der Waals surface area contributed by atoms with Gasteiger partial charge in [-0.1, -0.05) is 6.92 Å². The number of carbonyl (C=O) groups excluding carboxylic acids is 1. The molecule has 134 valence electrons. The van der Waals surface area contributed by atoms with Crippen LogP contribution < -0.4 is 10.6 Å². The number of guanidine groups is 1. The maximum atomic E-state index is 11.8. The summed E-state index contributed by atoms with van der Waals surface area (Å²) in [6.07, 6.45) is 4.09. The van der Waals surface area contributed by atoms with Gasteiger partial charge in [0.05, 0.1) is 12.8 Å². The first kappa shape index (κ1) is 18.3. The van der Waals surface area contributed by atoms with Gasteiger partial charge < -0.3 is 20.0 Å². The molecule has 7 heteroatoms. The van der Waals surface area contributed by atoms with Crippen molar-refractivity contribution in [1.82, 2.24) is 20.4 Å². The second kappa shape index (κ2) is 9.32. The Morgan fingerprint density at radius 1 is 1.46 bits per heavy atom. The Hall–Kier alpha value is -2.02. The molecule has 1 aromatic rings. The van der Waals surface area contributed by atoms with E-state index in [1.807, 2.05) is 12.1 Å². The zero-order chi connectivity index (χ0) is 17.4. The van der Waals surface area contributed by atoms with E-state index in [-0.39, 0.29) is 12.5 Å². The summed E-state index contributed by atoms with van der Waals surface area (Å²) in [7, 11) is 3.47. The normalized spacial score (nSPS) is 18.6. The summed E-state index contributed by atoms with van der Waals surface area (Å²) in [5.41, 5.74) is 0. The van der Waals surface area contributed by atoms with Crippen molar-refractivity contribution < 1.29 is 9.21 Å². The zero-order valence-corrected chi connectivity index (χ0v) is 14.9. The Labute approximate surface area is 144 Å². The molecule has 0 aromatic carbocycles. The second-order valence-electron chi connectivity index (χ2n) is 6.19. The first-order valence-corrected chi connectivity index (χ1v) is 8.59. The lowest BCUT2D eigenvalue weighted by atomic mass is 10.2. The number of rotatable bonds is 7. The van der Waals surface area contributed by atoms with Gasteiger partial charge in [0.15, 0.2) is 5.96 Å². The smallest absolute Gasteiger partial charge is 0.243 e. The molecular weight excluding hydrogens is 306 g/mol. The molecule has 2 N–H and O–H groups in total. The maximum absolute atomic E-state index is 11.8. The highest BCUT2D eigenvalue weighted by molar-refractivity contribution is 5.84. The first-order chi connectivity index (χ1) is 11.6. The molecule has 0 saturated carbocycles. The number of amides is 1. The van der Waals surface area contributed by atoms with E-state index in [0.29, 0.717) is 18.5 Å². The van der Waals surface area contributed by atoms with Crippen LogP contribution in [0.1, 0.15) is 25.5 Å². The molecule has 1 aromatic heterocycles. The van der Waals surface area contributed by atoms with Crippen molar-refractivity contribution in [3.05, 3.63) is 24.2 Å². The van der Waals surface area contributed by atoms with Gasteiger partial charge in [0.2, 0.25) is 5.91 Å². The number of hydrogen-bond donors (Lipinski definition) is 2. The average Bonchev–Trinajstić information content (AvgIpc) is 3.24. The van der Waals surface area contributed by atoms with Crippen LogP contribution in [0, 0.1) is 0 Å². The van der Waals surface area contributed by atoms with Crippen LogP contribution in [-0.4, -0.2) is 68.0 Å². The van der Waals surface area contributed by atoms with Crippen LogP contribution in [0.4, 0.5) is 0 Å². The van der Waals surface area contributed by atoms with E-state index in [0.717, 1.165) is 25.4 Å². The fourth-order valence-corrected chi connectivity index (χ4v) is 2.80. The fourth-order valence-electron chi connectivity index (χ4n) is 2.80. The third kappa shape index (κ3) is 5.56. The van der Waals surface area contributed by atoms with Gasteiger partial charge in [-0.3, -0.25) is 9.69 Å². The van der Waals surface area contributed by atoms with Crippen molar-refractivity contribution >= 4 is 11.9 Å². The number of nitrogens with zero attached hydrogens (tertiary/aromatic N) is 3. The van der Waals surface area contributed by atoms with Crippen LogP contribution in [0.3, 0.4) is 0 Å². The van der Waals surface area contributed by atoms with E-state index in [2.05, 4.69) is 27.4 Å². The predicted molar refractivity (Wildman–Crippen MR) is 94.8 cm³/mol. The third-order valence-electron chi connectivity index (χ3n) is 4.29. The molecule has 0 radical (unpaired) electrons. The van der Waals surface area contributed by atoms with Crippen molar-refractivity contribution in [1.29, 1.82) is 0 Å². The van der Waals surface area contributed by atoms with Crippen LogP contribution in [0.2, 0.25) is 0 Å². The molecule has 24 heavy (non-hydrogen) atoms. The molecule has 1 unspecified atom stereocenters. The van der Waals surface area contributed by atoms with E-state index in [1.165, 1.54) is 12.8 Å². The number of hydrogen-bond acceptors (Lipinski definition) is 4. The molecular formula is C17H29N5O2. The molecule has 1 fully saturated rings. The fraction of sp³-hybridized carbons (Fsp3) is 0.647. The highest BCUT2D eigenvalue weighted by Crippen LogP contribution is 2.15. The number of carbonyl (C=O) groups is 1. The lowest BCUT2D eigenvalue weighted by Crippen LogP contribution is -2.45. The van der Waals surface area contributed by atoms with Crippen molar-refractivity contribution in [2.75, 3.05) is 40.3 Å². The van der Waals surface area contributed by atoms with Gasteiger partial charge in [0, 0.05) is 26.7 Å². The first-order valence-electron chi connectivity index (χ1n) is 8.59. The van der Waals surface area contributed by atoms with Crippen LogP contribution in [0.15, 0.2) is 27.8 Å². The van der Waals surface area contributed by atoms with Crippen LogP contribution in [0.25, 0.3) is 0 Å². The van der Waals surface area contributed by atoms with Gasteiger partial charge in [-0.25, -0.2) is 4.99 Å². The Bertz CT molecular complexity index is 527. The van der Waals surface area contributed by atoms with Crippen molar-refractivity contribution in [3.8, 4) is 0 Å². The lowest BCUT2D eigenvalue weighted by molar-refractivity contribution is -0.127. The zero-order valence-electron chi connectivity index (χ0n) is 14.9. The SMILES string of the molecule is CCN1CCCC1CNC(=NCC(=O)N(C)C)NCc1ccco1. The summed E-state index contributed by atoms with van der Waals surface area (Å²) in [6, 6.07) is 4.29. The standard InChI is InChI=1S/C17H29N5O2/c1-4-22-9-5-7-14(22)11-18-17(20-13-16(23)21(2)3)19-12-15-8-6-10-24-15/h6,8,10,14H,4-5,7,9,11-13H2,1-3H3,(H2,18,19,20). The second-order valence-corrected chi connectivity index (χ2v) is 6.19. The number of aliphatic imine (C=N–C) groups is 1. The van der Waals surface area contributed by atoms with E-state index >= 15 is 0 Å². The predicted octanol–water partition coefficient (Wildman–Crippen LogP) is 0.887. The van der Waals surface area contributed by atoms with Gasteiger partial charge in [-0.05, 0) is 38.1 Å².